The Kier molecular flexibility index (Phi) is 2.69. The second kappa shape index (κ2) is 4.34. The Hall–Kier alpha value is -1.60. The van der Waals surface area contributed by atoms with Gasteiger partial charge in [0, 0.05) is 4.47 Å². The molecule has 0 saturated carbocycles. The molecule has 0 N–H and O–H groups in total. The number of halogens is 1. The van der Waals surface area contributed by atoms with E-state index in [1.807, 2.05) is 12.1 Å². The first kappa shape index (κ1) is 10.5. The molecule has 0 aliphatic rings. The van der Waals surface area contributed by atoms with Gasteiger partial charge in [0.25, 0.3) is 0 Å². The fourth-order valence-corrected chi connectivity index (χ4v) is 2.56. The minimum absolute atomic E-state index is 1.14. The molecule has 17 heavy (non-hydrogen) atoms. The van der Waals surface area contributed by atoms with Crippen molar-refractivity contribution in [2.45, 2.75) is 0 Å². The van der Waals surface area contributed by atoms with Crippen LogP contribution in [0.5, 0.6) is 0 Å². The first-order valence-electron chi connectivity index (χ1n) is 5.50. The van der Waals surface area contributed by atoms with Crippen molar-refractivity contribution in [1.82, 2.24) is 0 Å². The summed E-state index contributed by atoms with van der Waals surface area (Å²) in [5, 5.41) is 2.52. The fourth-order valence-electron chi connectivity index (χ4n) is 2.08. The van der Waals surface area contributed by atoms with E-state index in [1.165, 1.54) is 21.9 Å². The van der Waals surface area contributed by atoms with Crippen LogP contribution in [0.15, 0.2) is 65.1 Å². The third kappa shape index (κ3) is 1.87. The van der Waals surface area contributed by atoms with Crippen LogP contribution in [0.4, 0.5) is 0 Å². The van der Waals surface area contributed by atoms with Crippen LogP contribution < -0.4 is 0 Å². The molecule has 0 aliphatic carbocycles. The highest BCUT2D eigenvalue weighted by atomic mass is 79.9. The van der Waals surface area contributed by atoms with Gasteiger partial charge in [-0.25, -0.2) is 0 Å². The van der Waals surface area contributed by atoms with Crippen molar-refractivity contribution in [2.24, 2.45) is 0 Å². The standard InChI is InChI=1S/C16H10Br/c17-16-11-10-13(12-6-2-1-3-7-12)14-8-4-5-9-15(14)16/h2-11H. The normalized spacial score (nSPS) is 10.6. The van der Waals surface area contributed by atoms with Crippen molar-refractivity contribution in [3.05, 3.63) is 71.2 Å². The van der Waals surface area contributed by atoms with Gasteiger partial charge in [0.2, 0.25) is 0 Å². The number of rotatable bonds is 1. The van der Waals surface area contributed by atoms with E-state index in [1.54, 1.807) is 0 Å². The van der Waals surface area contributed by atoms with Crippen molar-refractivity contribution in [1.29, 1.82) is 0 Å². The summed E-state index contributed by atoms with van der Waals surface area (Å²) in [7, 11) is 0. The number of hydrogen-bond donors (Lipinski definition) is 0. The molecular weight excluding hydrogens is 272 g/mol. The summed E-state index contributed by atoms with van der Waals surface area (Å²) in [6.45, 7) is 0. The van der Waals surface area contributed by atoms with Gasteiger partial charge in [0.15, 0.2) is 0 Å². The Morgan fingerprint density at radius 2 is 1.47 bits per heavy atom. The molecular formula is C16H10Br. The topological polar surface area (TPSA) is 0 Å². The lowest BCUT2D eigenvalue weighted by Crippen LogP contribution is -1.81. The zero-order chi connectivity index (χ0) is 11.7. The zero-order valence-electron chi connectivity index (χ0n) is 9.15. The first-order valence-corrected chi connectivity index (χ1v) is 6.29. The average molecular weight is 282 g/mol. The minimum Gasteiger partial charge on any atom is -0.0616 e. The van der Waals surface area contributed by atoms with Gasteiger partial charge in [0.1, 0.15) is 0 Å². The summed E-state index contributed by atoms with van der Waals surface area (Å²) >= 11 is 3.60. The highest BCUT2D eigenvalue weighted by Crippen LogP contribution is 2.32. The van der Waals surface area contributed by atoms with Gasteiger partial charge in [-0.1, -0.05) is 70.5 Å². The highest BCUT2D eigenvalue weighted by molar-refractivity contribution is 9.10. The SMILES string of the molecule is Brc1ccc(-c2cc[c]cc2)c2ccccc12. The molecule has 0 spiro atoms. The lowest BCUT2D eigenvalue weighted by Gasteiger charge is -2.08. The van der Waals surface area contributed by atoms with E-state index in [9.17, 15) is 0 Å². The monoisotopic (exact) mass is 281 g/mol. The predicted octanol–water partition coefficient (Wildman–Crippen LogP) is 5.07. The molecule has 0 fully saturated rings. The van der Waals surface area contributed by atoms with Crippen molar-refractivity contribution in [3.8, 4) is 11.1 Å². The first-order chi connectivity index (χ1) is 8.36. The number of hydrogen-bond acceptors (Lipinski definition) is 0. The van der Waals surface area contributed by atoms with Crippen molar-refractivity contribution >= 4 is 26.7 Å². The molecule has 0 unspecified atom stereocenters. The van der Waals surface area contributed by atoms with Crippen LogP contribution in [0.3, 0.4) is 0 Å². The smallest absolute Gasteiger partial charge is 0.0254 e. The molecule has 0 heterocycles. The lowest BCUT2D eigenvalue weighted by atomic mass is 9.98. The van der Waals surface area contributed by atoms with Crippen LogP contribution in [0.2, 0.25) is 0 Å². The molecule has 3 aromatic carbocycles. The van der Waals surface area contributed by atoms with Gasteiger partial charge in [-0.05, 0) is 34.0 Å². The molecule has 3 aromatic rings. The zero-order valence-corrected chi connectivity index (χ0v) is 10.7. The Morgan fingerprint density at radius 1 is 0.765 bits per heavy atom. The maximum Gasteiger partial charge on any atom is 0.0254 e. The Labute approximate surface area is 109 Å². The summed E-state index contributed by atoms with van der Waals surface area (Å²) in [4.78, 5) is 0. The molecule has 0 saturated heterocycles. The molecule has 0 amide bonds. The van der Waals surface area contributed by atoms with Gasteiger partial charge < -0.3 is 0 Å². The van der Waals surface area contributed by atoms with Crippen LogP contribution in [-0.2, 0) is 0 Å². The van der Waals surface area contributed by atoms with Crippen LogP contribution >= 0.6 is 15.9 Å². The van der Waals surface area contributed by atoms with Crippen molar-refractivity contribution < 1.29 is 0 Å². The number of benzene rings is 3. The molecule has 81 valence electrons. The van der Waals surface area contributed by atoms with E-state index in [0.29, 0.717) is 0 Å². The fraction of sp³-hybridized carbons (Fsp3) is 0. The molecule has 0 bridgehead atoms. The van der Waals surface area contributed by atoms with E-state index in [0.717, 1.165) is 4.47 Å². The van der Waals surface area contributed by atoms with Crippen LogP contribution in [0.1, 0.15) is 0 Å². The van der Waals surface area contributed by atoms with Gasteiger partial charge in [0.05, 0.1) is 0 Å². The summed E-state index contributed by atoms with van der Waals surface area (Å²) in [6.07, 6.45) is 0. The van der Waals surface area contributed by atoms with E-state index in [-0.39, 0.29) is 0 Å². The number of fused-ring (bicyclic) bond motifs is 1. The van der Waals surface area contributed by atoms with E-state index in [4.69, 9.17) is 0 Å². The maximum atomic E-state index is 3.60. The molecule has 1 radical (unpaired) electrons. The van der Waals surface area contributed by atoms with Crippen molar-refractivity contribution in [3.63, 3.8) is 0 Å². The molecule has 0 aliphatic heterocycles. The summed E-state index contributed by atoms with van der Waals surface area (Å²) < 4.78 is 1.14. The van der Waals surface area contributed by atoms with Crippen molar-refractivity contribution in [2.75, 3.05) is 0 Å². The second-order valence-corrected chi connectivity index (χ2v) is 4.78. The predicted molar refractivity (Wildman–Crippen MR) is 75.9 cm³/mol. The van der Waals surface area contributed by atoms with Crippen LogP contribution in [0, 0.1) is 6.07 Å². The summed E-state index contributed by atoms with van der Waals surface area (Å²) in [5.74, 6) is 0. The molecule has 0 atom stereocenters. The Bertz CT molecular complexity index is 657. The maximum absolute atomic E-state index is 3.60. The van der Waals surface area contributed by atoms with Crippen LogP contribution in [-0.4, -0.2) is 0 Å². The van der Waals surface area contributed by atoms with Crippen LogP contribution in [0.25, 0.3) is 21.9 Å². The Morgan fingerprint density at radius 3 is 2.24 bits per heavy atom. The molecule has 0 aromatic heterocycles. The van der Waals surface area contributed by atoms with Gasteiger partial charge in [-0.2, -0.15) is 0 Å². The van der Waals surface area contributed by atoms with Gasteiger partial charge >= 0.3 is 0 Å². The molecule has 3 rings (SSSR count). The minimum atomic E-state index is 1.14. The molecule has 0 nitrogen and oxygen atoms in total. The lowest BCUT2D eigenvalue weighted by molar-refractivity contribution is 1.63. The van der Waals surface area contributed by atoms with Gasteiger partial charge in [-0.15, -0.1) is 0 Å². The van der Waals surface area contributed by atoms with E-state index < -0.39 is 0 Å². The van der Waals surface area contributed by atoms with E-state index >= 15 is 0 Å². The third-order valence-corrected chi connectivity index (χ3v) is 3.59. The quantitative estimate of drug-likeness (QED) is 0.584. The average Bonchev–Trinajstić information content (AvgIpc) is 2.41. The largest absolute Gasteiger partial charge is 0.0616 e. The second-order valence-electron chi connectivity index (χ2n) is 3.93. The summed E-state index contributed by atoms with van der Waals surface area (Å²) in [5.41, 5.74) is 2.49. The molecule has 1 heteroatoms. The Balaban J connectivity index is 2.35. The third-order valence-electron chi connectivity index (χ3n) is 2.90. The van der Waals surface area contributed by atoms with E-state index in [2.05, 4.69) is 70.5 Å². The summed E-state index contributed by atoms with van der Waals surface area (Å²) in [6, 6.07) is 23.8. The van der Waals surface area contributed by atoms with Gasteiger partial charge in [-0.3, -0.25) is 0 Å². The highest BCUT2D eigenvalue weighted by Gasteiger charge is 2.05.